The molecule has 0 unspecified atom stereocenters. The van der Waals surface area contributed by atoms with Crippen LogP contribution in [0.15, 0.2) is 22.6 Å². The molecule has 1 aliphatic rings. The van der Waals surface area contributed by atoms with E-state index in [0.29, 0.717) is 18.5 Å². The molecule has 1 amide bonds. The van der Waals surface area contributed by atoms with Crippen LogP contribution in [0.2, 0.25) is 0 Å². The van der Waals surface area contributed by atoms with Crippen LogP contribution in [-0.2, 0) is 28.3 Å². The van der Waals surface area contributed by atoms with E-state index >= 15 is 0 Å². The number of fused-ring (bicyclic) bond motifs is 1. The van der Waals surface area contributed by atoms with E-state index in [2.05, 4.69) is 9.68 Å². The van der Waals surface area contributed by atoms with Crippen LogP contribution in [0.5, 0.6) is 0 Å². The summed E-state index contributed by atoms with van der Waals surface area (Å²) in [4.78, 5) is 11.3. The van der Waals surface area contributed by atoms with Gasteiger partial charge in [-0.15, -0.1) is 0 Å². The summed E-state index contributed by atoms with van der Waals surface area (Å²) in [6.07, 6.45) is 1.16. The molecule has 5 nitrogen and oxygen atoms in total. The second-order valence-electron chi connectivity index (χ2n) is 3.50. The van der Waals surface area contributed by atoms with Gasteiger partial charge >= 0.3 is 10.5 Å². The fraction of sp³-hybridized carbons (Fsp3) is 0.300. The van der Waals surface area contributed by atoms with E-state index in [4.69, 9.17) is 0 Å². The molecule has 0 atom stereocenters. The van der Waals surface area contributed by atoms with Gasteiger partial charge in [0, 0.05) is 12.1 Å². The maximum absolute atomic E-state index is 11.3. The highest BCUT2D eigenvalue weighted by atomic mass is 32.2. The second-order valence-corrected chi connectivity index (χ2v) is 4.20. The molecule has 16 heavy (non-hydrogen) atoms. The number of hydrogen-bond acceptors (Lipinski definition) is 4. The number of benzene rings is 1. The Morgan fingerprint density at radius 2 is 2.12 bits per heavy atom. The molecule has 0 bridgehead atoms. The first-order chi connectivity index (χ1) is 7.66. The van der Waals surface area contributed by atoms with Crippen molar-refractivity contribution < 1.29 is 13.2 Å². The Kier molecular flexibility index (Phi) is 3.00. The molecule has 0 radical (unpaired) electrons. The number of hydrogen-bond donors (Lipinski definition) is 1. The summed E-state index contributed by atoms with van der Waals surface area (Å²) in [6, 6.07) is 5.53. The zero-order valence-electron chi connectivity index (χ0n) is 8.43. The topological polar surface area (TPSA) is 75.6 Å². The standard InChI is InChI=1S/C10H10N2O3S/c13-9-5-4-7-2-1-3-8(10(7)12-9)6-11-16(14)15/h1-3H,4-6H2,(H,12,13). The molecular weight excluding hydrogens is 228 g/mol. The number of aryl methyl sites for hydroxylation is 1. The third-order valence-corrected chi connectivity index (χ3v) is 2.80. The SMILES string of the molecule is O=C1CCc2cccc(CN=S(=O)=O)c2N1. The van der Waals surface area contributed by atoms with Gasteiger partial charge in [-0.25, -0.2) is 0 Å². The van der Waals surface area contributed by atoms with Gasteiger partial charge in [-0.3, -0.25) is 4.79 Å². The smallest absolute Gasteiger partial charge is 0.311 e. The van der Waals surface area contributed by atoms with Gasteiger partial charge in [0.1, 0.15) is 0 Å². The summed E-state index contributed by atoms with van der Waals surface area (Å²) in [6.45, 7) is 0.0690. The largest absolute Gasteiger partial charge is 0.326 e. The fourth-order valence-electron chi connectivity index (χ4n) is 1.73. The first kappa shape index (κ1) is 10.8. The Bertz CT molecular complexity index is 555. The van der Waals surface area contributed by atoms with Gasteiger partial charge in [0.05, 0.1) is 6.54 Å². The first-order valence-electron chi connectivity index (χ1n) is 4.84. The Morgan fingerprint density at radius 3 is 2.88 bits per heavy atom. The minimum absolute atomic E-state index is 0.0387. The van der Waals surface area contributed by atoms with Crippen molar-refractivity contribution in [3.8, 4) is 0 Å². The molecule has 1 aromatic rings. The third kappa shape index (κ3) is 2.27. The van der Waals surface area contributed by atoms with Crippen molar-refractivity contribution in [1.82, 2.24) is 0 Å². The molecule has 0 aromatic heterocycles. The van der Waals surface area contributed by atoms with Gasteiger partial charge in [0.2, 0.25) is 5.91 Å². The van der Waals surface area contributed by atoms with Crippen molar-refractivity contribution in [3.63, 3.8) is 0 Å². The molecule has 0 spiro atoms. The number of amides is 1. The number of nitrogens with one attached hydrogen (secondary N) is 1. The average molecular weight is 238 g/mol. The summed E-state index contributed by atoms with van der Waals surface area (Å²) < 4.78 is 24.1. The van der Waals surface area contributed by atoms with Crippen LogP contribution >= 0.6 is 0 Å². The number of nitrogens with zero attached hydrogens (tertiary/aromatic N) is 1. The molecule has 84 valence electrons. The van der Waals surface area contributed by atoms with E-state index in [1.165, 1.54) is 0 Å². The minimum atomic E-state index is -2.41. The molecule has 1 aliphatic heterocycles. The number of carbonyl (C=O) groups excluding carboxylic acids is 1. The lowest BCUT2D eigenvalue weighted by atomic mass is 9.99. The van der Waals surface area contributed by atoms with Gasteiger partial charge in [-0.2, -0.15) is 12.8 Å². The minimum Gasteiger partial charge on any atom is -0.326 e. The number of rotatable bonds is 2. The summed E-state index contributed by atoms with van der Waals surface area (Å²) in [5.41, 5.74) is 2.48. The van der Waals surface area contributed by atoms with Crippen LogP contribution in [0, 0.1) is 0 Å². The maximum Gasteiger partial charge on any atom is 0.311 e. The molecule has 0 fully saturated rings. The first-order valence-corrected chi connectivity index (χ1v) is 5.87. The summed E-state index contributed by atoms with van der Waals surface area (Å²) in [5.74, 6) is -0.0387. The molecule has 2 rings (SSSR count). The van der Waals surface area contributed by atoms with Gasteiger partial charge in [-0.1, -0.05) is 18.2 Å². The Labute approximate surface area is 94.2 Å². The summed E-state index contributed by atoms with van der Waals surface area (Å²) >= 11 is 0. The molecule has 0 saturated heterocycles. The van der Waals surface area contributed by atoms with E-state index in [1.54, 1.807) is 6.07 Å². The van der Waals surface area contributed by atoms with Crippen LogP contribution in [-0.4, -0.2) is 14.3 Å². The lowest BCUT2D eigenvalue weighted by Crippen LogP contribution is -2.20. The lowest BCUT2D eigenvalue weighted by molar-refractivity contribution is -0.116. The summed E-state index contributed by atoms with van der Waals surface area (Å²) in [5, 5.41) is 2.75. The monoisotopic (exact) mass is 238 g/mol. The highest BCUT2D eigenvalue weighted by Crippen LogP contribution is 2.26. The quantitative estimate of drug-likeness (QED) is 0.839. The molecular formula is C10H10N2O3S. The van der Waals surface area contributed by atoms with Crippen molar-refractivity contribution in [2.24, 2.45) is 4.36 Å². The van der Waals surface area contributed by atoms with E-state index in [1.807, 2.05) is 12.1 Å². The Morgan fingerprint density at radius 1 is 1.31 bits per heavy atom. The number of anilines is 1. The van der Waals surface area contributed by atoms with Crippen molar-refractivity contribution in [3.05, 3.63) is 29.3 Å². The van der Waals surface area contributed by atoms with Crippen molar-refractivity contribution in [2.45, 2.75) is 19.4 Å². The maximum atomic E-state index is 11.3. The van der Waals surface area contributed by atoms with Crippen LogP contribution in [0.1, 0.15) is 17.5 Å². The van der Waals surface area contributed by atoms with Gasteiger partial charge in [-0.05, 0) is 17.5 Å². The second kappa shape index (κ2) is 4.44. The molecule has 0 saturated carbocycles. The third-order valence-electron chi connectivity index (χ3n) is 2.46. The Balaban J connectivity index is 2.39. The van der Waals surface area contributed by atoms with Crippen LogP contribution < -0.4 is 5.32 Å². The van der Waals surface area contributed by atoms with Crippen LogP contribution in [0.3, 0.4) is 0 Å². The molecule has 1 aromatic carbocycles. The predicted octanol–water partition coefficient (Wildman–Crippen LogP) is 1.13. The van der Waals surface area contributed by atoms with Crippen LogP contribution in [0.4, 0.5) is 5.69 Å². The zero-order valence-corrected chi connectivity index (χ0v) is 9.25. The fourth-order valence-corrected chi connectivity index (χ4v) is 1.97. The van der Waals surface area contributed by atoms with E-state index in [0.717, 1.165) is 11.1 Å². The summed E-state index contributed by atoms with van der Waals surface area (Å²) in [7, 11) is -2.41. The highest BCUT2D eigenvalue weighted by molar-refractivity contribution is 7.61. The normalized spacial score (nSPS) is 13.9. The van der Waals surface area contributed by atoms with Gasteiger partial charge in [0.15, 0.2) is 0 Å². The highest BCUT2D eigenvalue weighted by Gasteiger charge is 2.16. The molecule has 6 heteroatoms. The van der Waals surface area contributed by atoms with E-state index in [-0.39, 0.29) is 12.5 Å². The number of para-hydroxylation sites is 1. The zero-order chi connectivity index (χ0) is 11.5. The van der Waals surface area contributed by atoms with E-state index in [9.17, 15) is 13.2 Å². The predicted molar refractivity (Wildman–Crippen MR) is 58.4 cm³/mol. The van der Waals surface area contributed by atoms with Crippen molar-refractivity contribution in [1.29, 1.82) is 0 Å². The number of carbonyl (C=O) groups is 1. The van der Waals surface area contributed by atoms with Crippen molar-refractivity contribution >= 4 is 22.1 Å². The van der Waals surface area contributed by atoms with E-state index < -0.39 is 10.5 Å². The molecule has 1 heterocycles. The average Bonchev–Trinajstić information content (AvgIpc) is 2.26. The van der Waals surface area contributed by atoms with Gasteiger partial charge in [0.25, 0.3) is 0 Å². The molecule has 0 aliphatic carbocycles. The van der Waals surface area contributed by atoms with Gasteiger partial charge < -0.3 is 5.32 Å². The van der Waals surface area contributed by atoms with Crippen LogP contribution in [0.25, 0.3) is 0 Å². The lowest BCUT2D eigenvalue weighted by Gasteiger charge is -2.19. The van der Waals surface area contributed by atoms with Crippen molar-refractivity contribution in [2.75, 3.05) is 5.32 Å². The molecule has 1 N–H and O–H groups in total. The Hall–Kier alpha value is -1.69.